The van der Waals surface area contributed by atoms with Gasteiger partial charge < -0.3 is 5.32 Å². The van der Waals surface area contributed by atoms with Crippen LogP contribution in [0.1, 0.15) is 38.1 Å². The SMILES string of the molecule is CC(C)C(C)(C)CNC(=O)c1cccc(Cl)c1[N+](=O)[O-]. The number of amides is 1. The molecule has 0 radical (unpaired) electrons. The first-order valence-corrected chi connectivity index (χ1v) is 6.75. The second-order valence-electron chi connectivity index (χ2n) is 5.72. The molecule has 0 aliphatic carbocycles. The maximum absolute atomic E-state index is 12.1. The Labute approximate surface area is 123 Å². The molecule has 1 amide bonds. The van der Waals surface area contributed by atoms with E-state index in [0.717, 1.165) is 0 Å². The summed E-state index contributed by atoms with van der Waals surface area (Å²) in [7, 11) is 0. The Morgan fingerprint density at radius 3 is 2.55 bits per heavy atom. The highest BCUT2D eigenvalue weighted by Crippen LogP contribution is 2.29. The molecule has 0 unspecified atom stereocenters. The van der Waals surface area contributed by atoms with Crippen LogP contribution in [0.4, 0.5) is 5.69 Å². The molecule has 0 saturated carbocycles. The lowest BCUT2D eigenvalue weighted by molar-refractivity contribution is -0.385. The monoisotopic (exact) mass is 298 g/mol. The van der Waals surface area contributed by atoms with Crippen molar-refractivity contribution in [3.05, 3.63) is 38.9 Å². The number of rotatable bonds is 5. The van der Waals surface area contributed by atoms with Gasteiger partial charge in [-0.3, -0.25) is 14.9 Å². The quantitative estimate of drug-likeness (QED) is 0.666. The van der Waals surface area contributed by atoms with Crippen LogP contribution in [0.25, 0.3) is 0 Å². The lowest BCUT2D eigenvalue weighted by Gasteiger charge is -2.29. The third kappa shape index (κ3) is 3.70. The van der Waals surface area contributed by atoms with E-state index < -0.39 is 10.8 Å². The van der Waals surface area contributed by atoms with Gasteiger partial charge in [-0.2, -0.15) is 0 Å². The summed E-state index contributed by atoms with van der Waals surface area (Å²) < 4.78 is 0. The van der Waals surface area contributed by atoms with Gasteiger partial charge >= 0.3 is 5.69 Å². The number of nitrogens with one attached hydrogen (secondary N) is 1. The van der Waals surface area contributed by atoms with Gasteiger partial charge in [0.1, 0.15) is 10.6 Å². The largest absolute Gasteiger partial charge is 0.351 e. The van der Waals surface area contributed by atoms with E-state index in [9.17, 15) is 14.9 Å². The number of nitro groups is 1. The number of nitrogens with zero attached hydrogens (tertiary/aromatic N) is 1. The molecule has 110 valence electrons. The van der Waals surface area contributed by atoms with Gasteiger partial charge in [-0.05, 0) is 23.5 Å². The molecule has 0 aromatic heterocycles. The van der Waals surface area contributed by atoms with Crippen LogP contribution in [0, 0.1) is 21.4 Å². The number of carbonyl (C=O) groups excluding carboxylic acids is 1. The van der Waals surface area contributed by atoms with Gasteiger partial charge in [0, 0.05) is 6.54 Å². The van der Waals surface area contributed by atoms with Crippen molar-refractivity contribution in [2.75, 3.05) is 6.54 Å². The van der Waals surface area contributed by atoms with Crippen LogP contribution in [-0.4, -0.2) is 17.4 Å². The van der Waals surface area contributed by atoms with E-state index in [0.29, 0.717) is 12.5 Å². The van der Waals surface area contributed by atoms with E-state index in [-0.39, 0.29) is 21.7 Å². The van der Waals surface area contributed by atoms with Crippen LogP contribution in [0.5, 0.6) is 0 Å². The van der Waals surface area contributed by atoms with Gasteiger partial charge in [-0.25, -0.2) is 0 Å². The average molecular weight is 299 g/mol. The molecule has 0 saturated heterocycles. The van der Waals surface area contributed by atoms with Crippen molar-refractivity contribution in [3.8, 4) is 0 Å². The number of hydrogen-bond acceptors (Lipinski definition) is 3. The molecule has 0 spiro atoms. The highest BCUT2D eigenvalue weighted by Gasteiger charge is 2.27. The summed E-state index contributed by atoms with van der Waals surface area (Å²) in [6, 6.07) is 4.33. The standard InChI is InChI=1S/C14H19ClN2O3/c1-9(2)14(3,4)8-16-13(18)10-6-5-7-11(15)12(10)17(19)20/h5-7,9H,8H2,1-4H3,(H,16,18). The minimum Gasteiger partial charge on any atom is -0.351 e. The Kier molecular flexibility index (Phi) is 5.11. The summed E-state index contributed by atoms with van der Waals surface area (Å²) in [5.74, 6) is -0.106. The molecule has 0 atom stereocenters. The van der Waals surface area contributed by atoms with Crippen LogP contribution in [0.3, 0.4) is 0 Å². The maximum atomic E-state index is 12.1. The Hall–Kier alpha value is -1.62. The average Bonchev–Trinajstić information content (AvgIpc) is 2.35. The zero-order chi connectivity index (χ0) is 15.5. The van der Waals surface area contributed by atoms with Crippen LogP contribution in [-0.2, 0) is 0 Å². The van der Waals surface area contributed by atoms with E-state index in [2.05, 4.69) is 19.2 Å². The highest BCUT2D eigenvalue weighted by molar-refractivity contribution is 6.33. The molecular weight excluding hydrogens is 280 g/mol. The number of halogens is 1. The molecule has 1 aromatic rings. The van der Waals surface area contributed by atoms with Crippen molar-refractivity contribution in [1.29, 1.82) is 0 Å². The summed E-state index contributed by atoms with van der Waals surface area (Å²) in [6.07, 6.45) is 0. The van der Waals surface area contributed by atoms with Crippen molar-refractivity contribution < 1.29 is 9.72 Å². The molecule has 1 aromatic carbocycles. The number of benzene rings is 1. The summed E-state index contributed by atoms with van der Waals surface area (Å²) >= 11 is 5.79. The number of nitro benzene ring substituents is 1. The van der Waals surface area contributed by atoms with Crippen LogP contribution < -0.4 is 5.32 Å². The predicted octanol–water partition coefficient (Wildman–Crippen LogP) is 3.66. The van der Waals surface area contributed by atoms with E-state index in [1.165, 1.54) is 18.2 Å². The van der Waals surface area contributed by atoms with Gasteiger partial charge in [0.25, 0.3) is 5.91 Å². The van der Waals surface area contributed by atoms with Crippen molar-refractivity contribution in [2.45, 2.75) is 27.7 Å². The highest BCUT2D eigenvalue weighted by atomic mass is 35.5. The van der Waals surface area contributed by atoms with Crippen molar-refractivity contribution >= 4 is 23.2 Å². The predicted molar refractivity (Wildman–Crippen MR) is 79.1 cm³/mol. The molecule has 5 nitrogen and oxygen atoms in total. The summed E-state index contributed by atoms with van der Waals surface area (Å²) in [5.41, 5.74) is -0.459. The minimum atomic E-state index is -0.634. The zero-order valence-corrected chi connectivity index (χ0v) is 12.8. The fourth-order valence-electron chi connectivity index (χ4n) is 1.49. The molecule has 0 bridgehead atoms. The molecule has 0 fully saturated rings. The first-order chi connectivity index (χ1) is 9.16. The Morgan fingerprint density at radius 2 is 2.05 bits per heavy atom. The zero-order valence-electron chi connectivity index (χ0n) is 12.1. The number of carbonyl (C=O) groups is 1. The normalized spacial score (nSPS) is 11.5. The molecule has 0 aliphatic rings. The van der Waals surface area contributed by atoms with Gasteiger partial charge in [-0.15, -0.1) is 0 Å². The number of para-hydroxylation sites is 1. The van der Waals surface area contributed by atoms with E-state index in [1.807, 2.05) is 13.8 Å². The molecular formula is C14H19ClN2O3. The summed E-state index contributed by atoms with van der Waals surface area (Å²) in [6.45, 7) is 8.63. The smallest absolute Gasteiger partial charge is 0.300 e. The van der Waals surface area contributed by atoms with Gasteiger partial charge in [0.05, 0.1) is 4.92 Å². The van der Waals surface area contributed by atoms with E-state index >= 15 is 0 Å². The maximum Gasteiger partial charge on any atom is 0.300 e. The third-order valence-corrected chi connectivity index (χ3v) is 3.99. The Morgan fingerprint density at radius 1 is 1.45 bits per heavy atom. The molecule has 0 heterocycles. The van der Waals surface area contributed by atoms with E-state index in [1.54, 1.807) is 0 Å². The number of hydrogen-bond donors (Lipinski definition) is 1. The van der Waals surface area contributed by atoms with Gasteiger partial charge in [0.15, 0.2) is 0 Å². The second kappa shape index (κ2) is 6.22. The second-order valence-corrected chi connectivity index (χ2v) is 6.13. The fraction of sp³-hybridized carbons (Fsp3) is 0.500. The van der Waals surface area contributed by atoms with Crippen LogP contribution in [0.15, 0.2) is 18.2 Å². The topological polar surface area (TPSA) is 72.2 Å². The first-order valence-electron chi connectivity index (χ1n) is 6.38. The van der Waals surface area contributed by atoms with E-state index in [4.69, 9.17) is 11.6 Å². The molecule has 20 heavy (non-hydrogen) atoms. The summed E-state index contributed by atoms with van der Waals surface area (Å²) in [5, 5.41) is 13.7. The lowest BCUT2D eigenvalue weighted by atomic mass is 9.81. The van der Waals surface area contributed by atoms with Crippen LogP contribution >= 0.6 is 11.6 Å². The van der Waals surface area contributed by atoms with Gasteiger partial charge in [0.2, 0.25) is 0 Å². The molecule has 0 aliphatic heterocycles. The molecule has 1 N–H and O–H groups in total. The first kappa shape index (κ1) is 16.4. The molecule has 6 heteroatoms. The van der Waals surface area contributed by atoms with Gasteiger partial charge in [-0.1, -0.05) is 45.4 Å². The lowest BCUT2D eigenvalue weighted by Crippen LogP contribution is -2.37. The van der Waals surface area contributed by atoms with Crippen molar-refractivity contribution in [1.82, 2.24) is 5.32 Å². The van der Waals surface area contributed by atoms with Crippen LogP contribution in [0.2, 0.25) is 5.02 Å². The Balaban J connectivity index is 2.95. The molecule has 1 rings (SSSR count). The minimum absolute atomic E-state index is 0.0120. The van der Waals surface area contributed by atoms with Crippen molar-refractivity contribution in [2.24, 2.45) is 11.3 Å². The third-order valence-electron chi connectivity index (χ3n) is 3.68. The Bertz CT molecular complexity index is 527. The fourth-order valence-corrected chi connectivity index (χ4v) is 1.74. The summed E-state index contributed by atoms with van der Waals surface area (Å²) in [4.78, 5) is 22.5. The van der Waals surface area contributed by atoms with Crippen molar-refractivity contribution in [3.63, 3.8) is 0 Å².